The molecule has 1 atom stereocenters. The molecule has 2 aliphatic heterocycles. The number of carbonyl (C=O) groups is 2. The number of nitrogens with zero attached hydrogens (tertiary/aromatic N) is 2. The van der Waals surface area contributed by atoms with Crippen LogP contribution in [0.4, 0.5) is 16.2 Å². The van der Waals surface area contributed by atoms with Crippen molar-refractivity contribution in [3.63, 3.8) is 0 Å². The average molecular weight is 442 g/mol. The number of benzene rings is 2. The van der Waals surface area contributed by atoms with Crippen LogP contribution in [0, 0.1) is 5.92 Å². The highest BCUT2D eigenvalue weighted by Crippen LogP contribution is 2.36. The Kier molecular flexibility index (Phi) is 6.37. The molecule has 6 nitrogen and oxygen atoms in total. The first kappa shape index (κ1) is 21.5. The number of amides is 3. The molecule has 164 valence electrons. The van der Waals surface area contributed by atoms with Gasteiger partial charge in [-0.3, -0.25) is 9.69 Å². The van der Waals surface area contributed by atoms with E-state index in [1.54, 1.807) is 23.1 Å². The van der Waals surface area contributed by atoms with Gasteiger partial charge in [-0.1, -0.05) is 30.7 Å². The number of aryl methyl sites for hydroxylation is 1. The Balaban J connectivity index is 1.37. The molecule has 7 heteroatoms. The summed E-state index contributed by atoms with van der Waals surface area (Å²) in [5, 5.41) is 3.58. The standard InChI is InChI=1S/C24H28ClN3O3/c1-3-17-4-7-20(8-5-17)26-23(29)18-10-12-27(13-11-18)24(30)28-15-16(2)31-22-9-6-19(25)14-21(22)28/h4-9,14,16,18H,3,10-13,15H2,1-2H3,(H,26,29). The van der Waals surface area contributed by atoms with Gasteiger partial charge < -0.3 is 15.0 Å². The summed E-state index contributed by atoms with van der Waals surface area (Å²) < 4.78 is 5.85. The first-order chi connectivity index (χ1) is 14.9. The number of rotatable bonds is 3. The molecular weight excluding hydrogens is 414 g/mol. The van der Waals surface area contributed by atoms with Gasteiger partial charge >= 0.3 is 6.03 Å². The van der Waals surface area contributed by atoms with Crippen molar-refractivity contribution in [1.82, 2.24) is 4.90 Å². The smallest absolute Gasteiger partial charge is 0.324 e. The molecule has 2 aliphatic rings. The van der Waals surface area contributed by atoms with E-state index in [1.165, 1.54) is 5.56 Å². The number of carbonyl (C=O) groups excluding carboxylic acids is 2. The quantitative estimate of drug-likeness (QED) is 0.732. The molecule has 0 spiro atoms. The van der Waals surface area contributed by atoms with Crippen LogP contribution >= 0.6 is 11.6 Å². The second-order valence-corrected chi connectivity index (χ2v) is 8.67. The monoisotopic (exact) mass is 441 g/mol. The number of likely N-dealkylation sites (tertiary alicyclic amines) is 1. The second kappa shape index (κ2) is 9.18. The van der Waals surface area contributed by atoms with Gasteiger partial charge in [0.25, 0.3) is 0 Å². The first-order valence-electron chi connectivity index (χ1n) is 10.9. The van der Waals surface area contributed by atoms with Gasteiger partial charge in [-0.15, -0.1) is 0 Å². The number of anilines is 2. The van der Waals surface area contributed by atoms with Crippen LogP contribution in [0.3, 0.4) is 0 Å². The lowest BCUT2D eigenvalue weighted by molar-refractivity contribution is -0.121. The van der Waals surface area contributed by atoms with E-state index in [4.69, 9.17) is 16.3 Å². The van der Waals surface area contributed by atoms with Crippen LogP contribution in [-0.2, 0) is 11.2 Å². The Hall–Kier alpha value is -2.73. The van der Waals surface area contributed by atoms with Gasteiger partial charge in [-0.2, -0.15) is 0 Å². The lowest BCUT2D eigenvalue weighted by Crippen LogP contribution is -2.51. The minimum Gasteiger partial charge on any atom is -0.487 e. The second-order valence-electron chi connectivity index (χ2n) is 8.23. The topological polar surface area (TPSA) is 61.9 Å². The third kappa shape index (κ3) is 4.79. The molecule has 0 aliphatic carbocycles. The lowest BCUT2D eigenvalue weighted by atomic mass is 9.96. The summed E-state index contributed by atoms with van der Waals surface area (Å²) in [7, 11) is 0. The highest BCUT2D eigenvalue weighted by molar-refractivity contribution is 6.31. The molecule has 3 amide bonds. The van der Waals surface area contributed by atoms with E-state index < -0.39 is 0 Å². The van der Waals surface area contributed by atoms with Crippen molar-refractivity contribution in [3.05, 3.63) is 53.1 Å². The van der Waals surface area contributed by atoms with E-state index in [0.29, 0.717) is 48.9 Å². The van der Waals surface area contributed by atoms with Crippen molar-refractivity contribution in [2.24, 2.45) is 5.92 Å². The highest BCUT2D eigenvalue weighted by atomic mass is 35.5. The van der Waals surface area contributed by atoms with E-state index in [0.717, 1.165) is 12.1 Å². The van der Waals surface area contributed by atoms with Gasteiger partial charge in [0, 0.05) is 29.7 Å². The Bertz CT molecular complexity index is 955. The SMILES string of the molecule is CCc1ccc(NC(=O)C2CCN(C(=O)N3CC(C)Oc4ccc(Cl)cc43)CC2)cc1. The molecule has 0 saturated carbocycles. The van der Waals surface area contributed by atoms with Gasteiger partial charge in [-0.25, -0.2) is 4.79 Å². The summed E-state index contributed by atoms with van der Waals surface area (Å²) in [6, 6.07) is 13.2. The summed E-state index contributed by atoms with van der Waals surface area (Å²) >= 11 is 6.15. The zero-order valence-electron chi connectivity index (χ0n) is 17.9. The maximum absolute atomic E-state index is 13.3. The van der Waals surface area contributed by atoms with Crippen LogP contribution in [0.15, 0.2) is 42.5 Å². The zero-order valence-corrected chi connectivity index (χ0v) is 18.7. The third-order valence-corrected chi connectivity index (χ3v) is 6.21. The van der Waals surface area contributed by atoms with E-state index in [1.807, 2.05) is 36.1 Å². The van der Waals surface area contributed by atoms with E-state index in [-0.39, 0.29) is 24.0 Å². The molecular formula is C24H28ClN3O3. The van der Waals surface area contributed by atoms with E-state index >= 15 is 0 Å². The normalized spacial score (nSPS) is 18.9. The Morgan fingerprint density at radius 3 is 2.52 bits per heavy atom. The summed E-state index contributed by atoms with van der Waals surface area (Å²) in [5.41, 5.74) is 2.76. The summed E-state index contributed by atoms with van der Waals surface area (Å²) in [4.78, 5) is 29.5. The lowest BCUT2D eigenvalue weighted by Gasteiger charge is -2.39. The van der Waals surface area contributed by atoms with Gasteiger partial charge in [0.1, 0.15) is 11.9 Å². The molecule has 31 heavy (non-hydrogen) atoms. The van der Waals surface area contributed by atoms with Crippen molar-refractivity contribution in [2.45, 2.75) is 39.2 Å². The molecule has 2 aromatic carbocycles. The fraction of sp³-hybridized carbons (Fsp3) is 0.417. The van der Waals surface area contributed by atoms with Crippen LogP contribution in [0.5, 0.6) is 5.75 Å². The molecule has 0 radical (unpaired) electrons. The summed E-state index contributed by atoms with van der Waals surface area (Å²) in [6.45, 7) is 5.62. The maximum atomic E-state index is 13.3. The number of piperidine rings is 1. The van der Waals surface area contributed by atoms with Crippen molar-refractivity contribution >= 4 is 34.9 Å². The fourth-order valence-corrected chi connectivity index (χ4v) is 4.33. The minimum absolute atomic E-state index is 0.0217. The molecule has 1 saturated heterocycles. The summed E-state index contributed by atoms with van der Waals surface area (Å²) in [6.07, 6.45) is 2.17. The van der Waals surface area contributed by atoms with Crippen LogP contribution in [0.1, 0.15) is 32.3 Å². The third-order valence-electron chi connectivity index (χ3n) is 5.98. The number of nitrogens with one attached hydrogen (secondary N) is 1. The number of hydrogen-bond donors (Lipinski definition) is 1. The molecule has 4 rings (SSSR count). The number of halogens is 1. The van der Waals surface area contributed by atoms with Gasteiger partial charge in [-0.05, 0) is 62.1 Å². The fourth-order valence-electron chi connectivity index (χ4n) is 4.16. The van der Waals surface area contributed by atoms with Crippen molar-refractivity contribution < 1.29 is 14.3 Å². The minimum atomic E-state index is -0.0972. The molecule has 2 aromatic rings. The number of urea groups is 1. The van der Waals surface area contributed by atoms with Gasteiger partial charge in [0.15, 0.2) is 0 Å². The number of ether oxygens (including phenoxy) is 1. The van der Waals surface area contributed by atoms with E-state index in [2.05, 4.69) is 12.2 Å². The predicted octanol–water partition coefficient (Wildman–Crippen LogP) is 4.96. The van der Waals surface area contributed by atoms with Crippen molar-refractivity contribution in [1.29, 1.82) is 0 Å². The molecule has 1 N–H and O–H groups in total. The maximum Gasteiger partial charge on any atom is 0.324 e. The molecule has 1 fully saturated rings. The first-order valence-corrected chi connectivity index (χ1v) is 11.2. The van der Waals surface area contributed by atoms with Gasteiger partial charge in [0.05, 0.1) is 12.2 Å². The molecule has 2 heterocycles. The predicted molar refractivity (Wildman–Crippen MR) is 123 cm³/mol. The Morgan fingerprint density at radius 2 is 1.84 bits per heavy atom. The summed E-state index contributed by atoms with van der Waals surface area (Å²) in [5.74, 6) is 0.591. The van der Waals surface area contributed by atoms with E-state index in [9.17, 15) is 9.59 Å². The average Bonchev–Trinajstić information content (AvgIpc) is 2.79. The largest absolute Gasteiger partial charge is 0.487 e. The van der Waals surface area contributed by atoms with Crippen LogP contribution in [0.25, 0.3) is 0 Å². The number of hydrogen-bond acceptors (Lipinski definition) is 3. The Morgan fingerprint density at radius 1 is 1.13 bits per heavy atom. The van der Waals surface area contributed by atoms with Crippen molar-refractivity contribution in [3.8, 4) is 5.75 Å². The van der Waals surface area contributed by atoms with Crippen LogP contribution in [0.2, 0.25) is 5.02 Å². The van der Waals surface area contributed by atoms with Gasteiger partial charge in [0.2, 0.25) is 5.91 Å². The highest BCUT2D eigenvalue weighted by Gasteiger charge is 2.34. The molecule has 0 bridgehead atoms. The zero-order chi connectivity index (χ0) is 22.0. The van der Waals surface area contributed by atoms with Crippen LogP contribution in [-0.4, -0.2) is 42.6 Å². The van der Waals surface area contributed by atoms with Crippen molar-refractivity contribution in [2.75, 3.05) is 29.9 Å². The Labute approximate surface area is 188 Å². The molecule has 1 unspecified atom stereocenters. The molecule has 0 aromatic heterocycles. The van der Waals surface area contributed by atoms with Crippen LogP contribution < -0.4 is 15.0 Å². The number of fused-ring (bicyclic) bond motifs is 1.